The third-order valence-corrected chi connectivity index (χ3v) is 4.03. The first-order valence-electron chi connectivity index (χ1n) is 6.68. The Morgan fingerprint density at radius 3 is 2.44 bits per heavy atom. The summed E-state index contributed by atoms with van der Waals surface area (Å²) in [7, 11) is 1.79. The monoisotopic (exact) mass is 228 g/mol. The maximum Gasteiger partial charge on any atom is 0.0589 e. The molecule has 1 rings (SSSR count). The van der Waals surface area contributed by atoms with Crippen molar-refractivity contribution < 1.29 is 4.74 Å². The molecule has 0 amide bonds. The fourth-order valence-corrected chi connectivity index (χ4v) is 2.62. The highest BCUT2D eigenvalue weighted by molar-refractivity contribution is 4.86. The zero-order valence-corrected chi connectivity index (χ0v) is 11.2. The van der Waals surface area contributed by atoms with Gasteiger partial charge in [-0.15, -0.1) is 0 Å². The Morgan fingerprint density at radius 2 is 1.94 bits per heavy atom. The van der Waals surface area contributed by atoms with E-state index in [4.69, 9.17) is 4.74 Å². The third kappa shape index (κ3) is 4.04. The molecule has 1 N–H and O–H groups in total. The molecule has 0 saturated carbocycles. The lowest BCUT2D eigenvalue weighted by Gasteiger charge is -2.40. The molecule has 0 aromatic rings. The van der Waals surface area contributed by atoms with Gasteiger partial charge in [0.1, 0.15) is 0 Å². The molecule has 0 unspecified atom stereocenters. The minimum Gasteiger partial charge on any atom is -0.383 e. The van der Waals surface area contributed by atoms with Crippen LogP contribution in [0, 0.1) is 5.41 Å². The van der Waals surface area contributed by atoms with E-state index in [-0.39, 0.29) is 0 Å². The van der Waals surface area contributed by atoms with E-state index in [9.17, 15) is 0 Å². The Morgan fingerprint density at radius 1 is 1.25 bits per heavy atom. The summed E-state index contributed by atoms with van der Waals surface area (Å²) in [5.74, 6) is 0. The van der Waals surface area contributed by atoms with Crippen LogP contribution in [0.4, 0.5) is 0 Å². The highest BCUT2D eigenvalue weighted by Gasteiger charge is 2.31. The van der Waals surface area contributed by atoms with Crippen molar-refractivity contribution in [3.05, 3.63) is 0 Å². The molecule has 1 aliphatic rings. The van der Waals surface area contributed by atoms with Gasteiger partial charge in [-0.3, -0.25) is 0 Å². The molecule has 1 fully saturated rings. The van der Waals surface area contributed by atoms with E-state index in [1.165, 1.54) is 38.9 Å². The van der Waals surface area contributed by atoms with E-state index in [0.717, 1.165) is 19.7 Å². The molecule has 0 aliphatic carbocycles. The van der Waals surface area contributed by atoms with E-state index < -0.39 is 0 Å². The van der Waals surface area contributed by atoms with Crippen molar-refractivity contribution in [3.63, 3.8) is 0 Å². The van der Waals surface area contributed by atoms with Crippen LogP contribution in [0.1, 0.15) is 33.1 Å². The summed E-state index contributed by atoms with van der Waals surface area (Å²) in [5.41, 5.74) is 0.551. The molecule has 16 heavy (non-hydrogen) atoms. The largest absolute Gasteiger partial charge is 0.383 e. The number of ether oxygens (including phenoxy) is 1. The molecule has 0 radical (unpaired) electrons. The van der Waals surface area contributed by atoms with Gasteiger partial charge >= 0.3 is 0 Å². The van der Waals surface area contributed by atoms with Crippen LogP contribution < -0.4 is 5.32 Å². The molecule has 1 heterocycles. The Hall–Kier alpha value is -0.120. The number of piperidine rings is 1. The normalized spacial score (nSPS) is 20.2. The number of rotatable bonds is 7. The van der Waals surface area contributed by atoms with E-state index >= 15 is 0 Å². The highest BCUT2D eigenvalue weighted by atomic mass is 16.5. The van der Waals surface area contributed by atoms with Crippen LogP contribution in [0.2, 0.25) is 0 Å². The minimum atomic E-state index is 0.551. The standard InChI is InChI=1S/C13H28N2O/c1-4-13(6-8-14-9-7-13)12-15(5-2)10-11-16-3/h14H,4-12H2,1-3H3. The fraction of sp³-hybridized carbons (Fsp3) is 1.00. The Bertz CT molecular complexity index is 179. The molecule has 0 aromatic heterocycles. The summed E-state index contributed by atoms with van der Waals surface area (Å²) >= 11 is 0. The average molecular weight is 228 g/mol. The van der Waals surface area contributed by atoms with Gasteiger partial charge < -0.3 is 15.0 Å². The number of methoxy groups -OCH3 is 1. The lowest BCUT2D eigenvalue weighted by Crippen LogP contribution is -2.45. The second kappa shape index (κ2) is 7.25. The van der Waals surface area contributed by atoms with Crippen molar-refractivity contribution in [2.24, 2.45) is 5.41 Å². The van der Waals surface area contributed by atoms with Crippen molar-refractivity contribution in [2.45, 2.75) is 33.1 Å². The predicted molar refractivity (Wildman–Crippen MR) is 68.8 cm³/mol. The second-order valence-electron chi connectivity index (χ2n) is 4.97. The molecule has 1 saturated heterocycles. The first-order valence-corrected chi connectivity index (χ1v) is 6.68. The molecule has 1 aliphatic heterocycles. The molecule has 0 bridgehead atoms. The van der Waals surface area contributed by atoms with Gasteiger partial charge in [-0.1, -0.05) is 13.8 Å². The van der Waals surface area contributed by atoms with Crippen LogP contribution in [-0.4, -0.2) is 51.3 Å². The molecule has 0 aromatic carbocycles. The SMILES string of the molecule is CCN(CCOC)CC1(CC)CCNCC1. The Labute approximate surface area is 101 Å². The number of nitrogens with zero attached hydrogens (tertiary/aromatic N) is 1. The van der Waals surface area contributed by atoms with Crippen molar-refractivity contribution in [2.75, 3.05) is 46.4 Å². The highest BCUT2D eigenvalue weighted by Crippen LogP contribution is 2.33. The summed E-state index contributed by atoms with van der Waals surface area (Å²) in [6.07, 6.45) is 3.96. The summed E-state index contributed by atoms with van der Waals surface area (Å²) < 4.78 is 5.18. The molecule has 3 nitrogen and oxygen atoms in total. The van der Waals surface area contributed by atoms with Gasteiger partial charge in [0, 0.05) is 20.2 Å². The topological polar surface area (TPSA) is 24.5 Å². The summed E-state index contributed by atoms with van der Waals surface area (Å²) in [5, 5.41) is 3.47. The van der Waals surface area contributed by atoms with Crippen molar-refractivity contribution in [3.8, 4) is 0 Å². The summed E-state index contributed by atoms with van der Waals surface area (Å²) in [6.45, 7) is 11.3. The van der Waals surface area contributed by atoms with E-state index in [1.807, 2.05) is 0 Å². The van der Waals surface area contributed by atoms with E-state index in [0.29, 0.717) is 5.41 Å². The van der Waals surface area contributed by atoms with Crippen molar-refractivity contribution in [1.29, 1.82) is 0 Å². The van der Waals surface area contributed by atoms with Crippen LogP contribution in [0.15, 0.2) is 0 Å². The zero-order chi connectivity index (χ0) is 11.9. The van der Waals surface area contributed by atoms with Gasteiger partial charge in [-0.2, -0.15) is 0 Å². The van der Waals surface area contributed by atoms with Gasteiger partial charge in [0.15, 0.2) is 0 Å². The van der Waals surface area contributed by atoms with Gasteiger partial charge in [0.2, 0.25) is 0 Å². The van der Waals surface area contributed by atoms with Crippen LogP contribution in [0.5, 0.6) is 0 Å². The van der Waals surface area contributed by atoms with Crippen LogP contribution in [0.3, 0.4) is 0 Å². The number of likely N-dealkylation sites (N-methyl/N-ethyl adjacent to an activating group) is 1. The van der Waals surface area contributed by atoms with Crippen LogP contribution >= 0.6 is 0 Å². The molecule has 0 spiro atoms. The quantitative estimate of drug-likeness (QED) is 0.718. The molecular weight excluding hydrogens is 200 g/mol. The molecule has 0 atom stereocenters. The number of hydrogen-bond donors (Lipinski definition) is 1. The van der Waals surface area contributed by atoms with E-state index in [1.54, 1.807) is 7.11 Å². The summed E-state index contributed by atoms with van der Waals surface area (Å²) in [6, 6.07) is 0. The van der Waals surface area contributed by atoms with Crippen LogP contribution in [0.25, 0.3) is 0 Å². The second-order valence-corrected chi connectivity index (χ2v) is 4.97. The summed E-state index contributed by atoms with van der Waals surface area (Å²) in [4.78, 5) is 2.54. The van der Waals surface area contributed by atoms with E-state index in [2.05, 4.69) is 24.1 Å². The van der Waals surface area contributed by atoms with Gasteiger partial charge in [-0.25, -0.2) is 0 Å². The smallest absolute Gasteiger partial charge is 0.0589 e. The lowest BCUT2D eigenvalue weighted by atomic mass is 9.76. The van der Waals surface area contributed by atoms with Crippen molar-refractivity contribution >= 4 is 0 Å². The maximum atomic E-state index is 5.18. The Balaban J connectivity index is 2.45. The maximum absolute atomic E-state index is 5.18. The third-order valence-electron chi connectivity index (χ3n) is 4.03. The van der Waals surface area contributed by atoms with Crippen LogP contribution in [-0.2, 0) is 4.74 Å². The molecular formula is C13H28N2O. The minimum absolute atomic E-state index is 0.551. The fourth-order valence-electron chi connectivity index (χ4n) is 2.62. The van der Waals surface area contributed by atoms with Crippen molar-refractivity contribution in [1.82, 2.24) is 10.2 Å². The molecule has 3 heteroatoms. The Kier molecular flexibility index (Phi) is 6.32. The number of nitrogens with one attached hydrogen (secondary N) is 1. The predicted octanol–water partition coefficient (Wildman–Crippen LogP) is 1.73. The lowest BCUT2D eigenvalue weighted by molar-refractivity contribution is 0.0847. The average Bonchev–Trinajstić information content (AvgIpc) is 2.35. The molecule has 96 valence electrons. The number of hydrogen-bond acceptors (Lipinski definition) is 3. The van der Waals surface area contributed by atoms with Gasteiger partial charge in [0.05, 0.1) is 6.61 Å². The first-order chi connectivity index (χ1) is 7.76. The first kappa shape index (κ1) is 13.9. The van der Waals surface area contributed by atoms with Gasteiger partial charge in [-0.05, 0) is 44.3 Å². The zero-order valence-electron chi connectivity index (χ0n) is 11.2. The van der Waals surface area contributed by atoms with Gasteiger partial charge in [0.25, 0.3) is 0 Å².